The molecule has 1 aromatic carbocycles. The van der Waals surface area contributed by atoms with E-state index in [1.54, 1.807) is 17.7 Å². The molecule has 1 aliphatic heterocycles. The van der Waals surface area contributed by atoms with Crippen LogP contribution in [0.5, 0.6) is 0 Å². The molecule has 5 rings (SSSR count). The van der Waals surface area contributed by atoms with Gasteiger partial charge in [-0.05, 0) is 56.5 Å². The van der Waals surface area contributed by atoms with Gasteiger partial charge in [0, 0.05) is 18.1 Å². The summed E-state index contributed by atoms with van der Waals surface area (Å²) in [4.78, 5) is 37.5. The van der Waals surface area contributed by atoms with Crippen molar-refractivity contribution < 1.29 is 4.79 Å². The number of anilines is 2. The Bertz CT molecular complexity index is 1420. The molecule has 3 aromatic heterocycles. The van der Waals surface area contributed by atoms with Crippen LogP contribution in [0.2, 0.25) is 0 Å². The Labute approximate surface area is 204 Å². The lowest BCUT2D eigenvalue weighted by atomic mass is 10.2. The number of likely N-dealkylation sites (tertiary alicyclic amines) is 1. The van der Waals surface area contributed by atoms with Gasteiger partial charge in [0.2, 0.25) is 0 Å². The van der Waals surface area contributed by atoms with E-state index < -0.39 is 0 Å². The number of amidine groups is 1. The Balaban J connectivity index is 1.35. The first kappa shape index (κ1) is 22.5. The summed E-state index contributed by atoms with van der Waals surface area (Å²) in [6.07, 6.45) is 4.21. The summed E-state index contributed by atoms with van der Waals surface area (Å²) in [5, 5.41) is 5.21. The third kappa shape index (κ3) is 4.41. The predicted octanol–water partition coefficient (Wildman–Crippen LogP) is 3.39. The van der Waals surface area contributed by atoms with E-state index in [0.717, 1.165) is 42.1 Å². The predicted molar refractivity (Wildman–Crippen MR) is 138 cm³/mol. The molecule has 0 amide bonds. The second-order valence-electron chi connectivity index (χ2n) is 8.16. The number of hydrogen-bond acceptors (Lipinski definition) is 8. The van der Waals surface area contributed by atoms with E-state index in [2.05, 4.69) is 24.6 Å². The topological polar surface area (TPSA) is 121 Å². The van der Waals surface area contributed by atoms with E-state index in [1.165, 1.54) is 24.2 Å². The van der Waals surface area contributed by atoms with Gasteiger partial charge in [0.15, 0.2) is 5.13 Å². The highest BCUT2D eigenvalue weighted by molar-refractivity contribution is 7.18. The number of H-pyrrole nitrogens is 1. The molecule has 11 heteroatoms. The summed E-state index contributed by atoms with van der Waals surface area (Å²) < 4.78 is 4.34. The number of carbonyl (C=O) groups excluding carboxylic acids is 1. The van der Waals surface area contributed by atoms with Crippen molar-refractivity contribution >= 4 is 55.6 Å². The third-order valence-corrected chi connectivity index (χ3v) is 7.74. The lowest BCUT2D eigenvalue weighted by Crippen LogP contribution is -2.26. The Morgan fingerprint density at radius 3 is 2.88 bits per heavy atom. The number of benzene rings is 1. The van der Waals surface area contributed by atoms with Crippen LogP contribution < -0.4 is 16.6 Å². The molecular formula is C23H25N7O2S2. The van der Waals surface area contributed by atoms with Gasteiger partial charge in [0.25, 0.3) is 11.5 Å². The van der Waals surface area contributed by atoms with Crippen molar-refractivity contribution in [1.82, 2.24) is 18.8 Å². The largest absolute Gasteiger partial charge is 0.383 e. The number of aromatic amines is 1. The molecule has 0 saturated carbocycles. The molecule has 4 aromatic rings. The van der Waals surface area contributed by atoms with Crippen LogP contribution in [0.1, 0.15) is 33.8 Å². The summed E-state index contributed by atoms with van der Waals surface area (Å²) >= 11 is 2.38. The molecular weight excluding hydrogens is 470 g/mol. The summed E-state index contributed by atoms with van der Waals surface area (Å²) in [6.45, 7) is 5.35. The molecule has 176 valence electrons. The number of aromatic nitrogens is 3. The van der Waals surface area contributed by atoms with Crippen LogP contribution >= 0.6 is 22.9 Å². The van der Waals surface area contributed by atoms with Crippen LogP contribution in [0, 0.1) is 6.92 Å². The van der Waals surface area contributed by atoms with Gasteiger partial charge < -0.3 is 16.0 Å². The maximum atomic E-state index is 13.2. The standard InChI is InChI=1S/C23H25N7O2S2/c1-14-18(22(32)30-12-8-15-6-2-3-7-16(15)30)33-23(26-14)27-21-17(20(31)28-34-21)19(24)25-9-13-29-10-4-5-11-29/h2-3,6-8,12H,4-5,9-11,13H2,1H3,(H2,24,25)(H,26,27)(H,28,31). The molecule has 9 nitrogen and oxygen atoms in total. The lowest BCUT2D eigenvalue weighted by molar-refractivity contribution is 0.0968. The molecule has 0 radical (unpaired) electrons. The van der Waals surface area contributed by atoms with Crippen LogP contribution in [-0.4, -0.2) is 56.7 Å². The van der Waals surface area contributed by atoms with Crippen molar-refractivity contribution in [2.45, 2.75) is 19.8 Å². The van der Waals surface area contributed by atoms with E-state index in [-0.39, 0.29) is 17.3 Å². The van der Waals surface area contributed by atoms with Crippen molar-refractivity contribution in [3.63, 3.8) is 0 Å². The van der Waals surface area contributed by atoms with Crippen LogP contribution in [0.3, 0.4) is 0 Å². The zero-order chi connectivity index (χ0) is 23.7. The number of carbonyl (C=O) groups is 1. The molecule has 34 heavy (non-hydrogen) atoms. The second-order valence-corrected chi connectivity index (χ2v) is 9.98. The van der Waals surface area contributed by atoms with Gasteiger partial charge in [-0.1, -0.05) is 29.5 Å². The lowest BCUT2D eigenvalue weighted by Gasteiger charge is -2.12. The van der Waals surface area contributed by atoms with E-state index in [0.29, 0.717) is 32.8 Å². The van der Waals surface area contributed by atoms with Crippen molar-refractivity contribution in [3.8, 4) is 0 Å². The molecule has 4 N–H and O–H groups in total. The van der Waals surface area contributed by atoms with Gasteiger partial charge in [0.1, 0.15) is 21.3 Å². The summed E-state index contributed by atoms with van der Waals surface area (Å²) in [5.41, 5.74) is 7.66. The zero-order valence-corrected chi connectivity index (χ0v) is 20.3. The average molecular weight is 496 g/mol. The highest BCUT2D eigenvalue weighted by atomic mass is 32.1. The number of aryl methyl sites for hydroxylation is 1. The highest BCUT2D eigenvalue weighted by Gasteiger charge is 2.21. The van der Waals surface area contributed by atoms with Crippen molar-refractivity contribution in [2.75, 3.05) is 31.5 Å². The molecule has 1 saturated heterocycles. The van der Waals surface area contributed by atoms with Crippen molar-refractivity contribution in [1.29, 1.82) is 0 Å². The van der Waals surface area contributed by atoms with E-state index in [4.69, 9.17) is 5.73 Å². The molecule has 0 bridgehead atoms. The van der Waals surface area contributed by atoms with Crippen LogP contribution in [0.25, 0.3) is 10.9 Å². The number of rotatable bonds is 7. The van der Waals surface area contributed by atoms with Crippen molar-refractivity contribution in [2.24, 2.45) is 10.7 Å². The van der Waals surface area contributed by atoms with Gasteiger partial charge in [-0.3, -0.25) is 23.5 Å². The van der Waals surface area contributed by atoms with Gasteiger partial charge in [-0.2, -0.15) is 0 Å². The maximum Gasteiger partial charge on any atom is 0.274 e. The SMILES string of the molecule is Cc1nc(Nc2s[nH]c(=O)c2C(N)=NCCN2CCCC2)sc1C(=O)n1ccc2ccccc21. The van der Waals surface area contributed by atoms with E-state index in [9.17, 15) is 9.59 Å². The number of nitrogens with zero attached hydrogens (tertiary/aromatic N) is 4. The van der Waals surface area contributed by atoms with Crippen LogP contribution in [0.15, 0.2) is 46.3 Å². The number of nitrogens with one attached hydrogen (secondary N) is 2. The van der Waals surface area contributed by atoms with Crippen LogP contribution in [-0.2, 0) is 0 Å². The minimum atomic E-state index is -0.293. The number of thiazole rings is 1. The van der Waals surface area contributed by atoms with Gasteiger partial charge >= 0.3 is 0 Å². The van der Waals surface area contributed by atoms with Crippen molar-refractivity contribution in [3.05, 3.63) is 63.0 Å². The maximum absolute atomic E-state index is 13.2. The number of fused-ring (bicyclic) bond motifs is 1. The first-order valence-electron chi connectivity index (χ1n) is 11.1. The normalized spacial score (nSPS) is 14.8. The van der Waals surface area contributed by atoms with Gasteiger partial charge in [-0.15, -0.1) is 0 Å². The average Bonchev–Trinajstić information content (AvgIpc) is 3.61. The quantitative estimate of drug-likeness (QED) is 0.267. The minimum absolute atomic E-state index is 0.144. The molecule has 4 heterocycles. The fraction of sp³-hybridized carbons (Fsp3) is 0.304. The zero-order valence-electron chi connectivity index (χ0n) is 18.7. The number of nitrogens with two attached hydrogens (primary N) is 1. The van der Waals surface area contributed by atoms with Gasteiger partial charge in [-0.25, -0.2) is 4.98 Å². The summed E-state index contributed by atoms with van der Waals surface area (Å²) in [7, 11) is 0. The first-order chi connectivity index (χ1) is 16.5. The second kappa shape index (κ2) is 9.53. The molecule has 1 fully saturated rings. The smallest absolute Gasteiger partial charge is 0.274 e. The molecule has 0 spiro atoms. The molecule has 1 aliphatic rings. The monoisotopic (exact) mass is 495 g/mol. The number of hydrogen-bond donors (Lipinski definition) is 3. The number of aliphatic imine (C=N–C) groups is 1. The Morgan fingerprint density at radius 1 is 1.26 bits per heavy atom. The minimum Gasteiger partial charge on any atom is -0.383 e. The highest BCUT2D eigenvalue weighted by Crippen LogP contribution is 2.30. The third-order valence-electron chi connectivity index (χ3n) is 5.88. The summed E-state index contributed by atoms with van der Waals surface area (Å²) in [5.74, 6) is 0.0577. The van der Waals surface area contributed by atoms with E-state index in [1.807, 2.05) is 30.3 Å². The Kier molecular flexibility index (Phi) is 6.31. The summed E-state index contributed by atoms with van der Waals surface area (Å²) in [6, 6.07) is 9.65. The molecule has 0 aliphatic carbocycles. The first-order valence-corrected chi connectivity index (χ1v) is 12.7. The molecule has 0 unspecified atom stereocenters. The Morgan fingerprint density at radius 2 is 2.06 bits per heavy atom. The number of para-hydroxylation sites is 1. The molecule has 0 atom stereocenters. The van der Waals surface area contributed by atoms with Crippen LogP contribution in [0.4, 0.5) is 10.1 Å². The fourth-order valence-corrected chi connectivity index (χ4v) is 5.85. The fourth-order valence-electron chi connectivity index (χ4n) is 4.14. The van der Waals surface area contributed by atoms with E-state index >= 15 is 0 Å². The van der Waals surface area contributed by atoms with Gasteiger partial charge in [0.05, 0.1) is 17.8 Å². The Hall–Kier alpha value is -3.28.